The molecule has 3 aromatic rings. The summed E-state index contributed by atoms with van der Waals surface area (Å²) in [6.07, 6.45) is 1.21. The monoisotopic (exact) mass is 270 g/mol. The molecule has 0 spiro atoms. The molecule has 100 valence electrons. The SMILES string of the molecule is O=[N+]([O-])c1ccc(NCn2nnc3ccccc32)nc1. The van der Waals surface area contributed by atoms with Crippen molar-refractivity contribution in [3.63, 3.8) is 0 Å². The van der Waals surface area contributed by atoms with Gasteiger partial charge < -0.3 is 5.32 Å². The average molecular weight is 270 g/mol. The Balaban J connectivity index is 1.74. The van der Waals surface area contributed by atoms with Gasteiger partial charge in [-0.2, -0.15) is 0 Å². The number of pyridine rings is 1. The maximum Gasteiger partial charge on any atom is 0.287 e. The molecule has 0 radical (unpaired) electrons. The van der Waals surface area contributed by atoms with Crippen molar-refractivity contribution >= 4 is 22.5 Å². The van der Waals surface area contributed by atoms with Crippen LogP contribution in [0.3, 0.4) is 0 Å². The minimum absolute atomic E-state index is 0.0400. The molecule has 0 fully saturated rings. The lowest BCUT2D eigenvalue weighted by Crippen LogP contribution is -2.10. The van der Waals surface area contributed by atoms with Crippen LogP contribution in [0.25, 0.3) is 11.0 Å². The third kappa shape index (κ3) is 2.26. The summed E-state index contributed by atoms with van der Waals surface area (Å²) in [7, 11) is 0. The van der Waals surface area contributed by atoms with Crippen molar-refractivity contribution in [2.24, 2.45) is 0 Å². The molecule has 0 bridgehead atoms. The maximum absolute atomic E-state index is 10.5. The fraction of sp³-hybridized carbons (Fsp3) is 0.0833. The summed E-state index contributed by atoms with van der Waals surface area (Å²) >= 11 is 0. The number of fused-ring (bicyclic) bond motifs is 1. The van der Waals surface area contributed by atoms with Crippen molar-refractivity contribution < 1.29 is 4.92 Å². The Morgan fingerprint density at radius 1 is 1.25 bits per heavy atom. The Hall–Kier alpha value is -3.03. The van der Waals surface area contributed by atoms with E-state index in [1.54, 1.807) is 10.7 Å². The van der Waals surface area contributed by atoms with E-state index in [4.69, 9.17) is 0 Å². The molecule has 0 aliphatic carbocycles. The average Bonchev–Trinajstić information content (AvgIpc) is 2.89. The zero-order valence-corrected chi connectivity index (χ0v) is 10.3. The van der Waals surface area contributed by atoms with Gasteiger partial charge in [-0.05, 0) is 18.2 Å². The molecule has 0 saturated carbocycles. The van der Waals surface area contributed by atoms with Gasteiger partial charge in [0.15, 0.2) is 0 Å². The van der Waals surface area contributed by atoms with Crippen LogP contribution in [0.4, 0.5) is 11.5 Å². The molecular formula is C12H10N6O2. The standard InChI is InChI=1S/C12H10N6O2/c19-18(20)9-5-6-12(13-7-9)14-8-17-11-4-2-1-3-10(11)15-16-17/h1-7H,8H2,(H,13,14). The van der Waals surface area contributed by atoms with Gasteiger partial charge in [0, 0.05) is 6.07 Å². The predicted octanol–water partition coefficient (Wildman–Crippen LogP) is 1.80. The normalized spacial score (nSPS) is 10.6. The molecule has 0 amide bonds. The smallest absolute Gasteiger partial charge is 0.287 e. The number of aromatic nitrogens is 4. The molecule has 20 heavy (non-hydrogen) atoms. The molecule has 1 aromatic carbocycles. The molecule has 0 aliphatic rings. The van der Waals surface area contributed by atoms with Crippen molar-refractivity contribution in [1.29, 1.82) is 0 Å². The predicted molar refractivity (Wildman–Crippen MR) is 72.0 cm³/mol. The number of nitrogens with zero attached hydrogens (tertiary/aromatic N) is 5. The van der Waals surface area contributed by atoms with E-state index in [1.165, 1.54) is 12.3 Å². The highest BCUT2D eigenvalue weighted by atomic mass is 16.6. The molecule has 0 saturated heterocycles. The van der Waals surface area contributed by atoms with E-state index >= 15 is 0 Å². The van der Waals surface area contributed by atoms with Gasteiger partial charge in [-0.15, -0.1) is 5.10 Å². The summed E-state index contributed by atoms with van der Waals surface area (Å²) in [4.78, 5) is 14.0. The molecule has 8 heteroatoms. The zero-order chi connectivity index (χ0) is 13.9. The second kappa shape index (κ2) is 4.92. The second-order valence-corrected chi connectivity index (χ2v) is 4.07. The first-order valence-electron chi connectivity index (χ1n) is 5.86. The van der Waals surface area contributed by atoms with E-state index in [0.29, 0.717) is 12.5 Å². The number of rotatable bonds is 4. The minimum Gasteiger partial charge on any atom is -0.351 e. The zero-order valence-electron chi connectivity index (χ0n) is 10.3. The van der Waals surface area contributed by atoms with E-state index in [2.05, 4.69) is 20.6 Å². The first-order chi connectivity index (χ1) is 9.74. The van der Waals surface area contributed by atoms with Gasteiger partial charge in [-0.3, -0.25) is 10.1 Å². The van der Waals surface area contributed by atoms with Crippen LogP contribution in [0.15, 0.2) is 42.6 Å². The Morgan fingerprint density at radius 2 is 2.10 bits per heavy atom. The lowest BCUT2D eigenvalue weighted by molar-refractivity contribution is -0.385. The highest BCUT2D eigenvalue weighted by Gasteiger charge is 2.06. The molecular weight excluding hydrogens is 260 g/mol. The number of nitro groups is 1. The van der Waals surface area contributed by atoms with Gasteiger partial charge in [-0.25, -0.2) is 9.67 Å². The van der Waals surface area contributed by atoms with E-state index < -0.39 is 4.92 Å². The van der Waals surface area contributed by atoms with Crippen molar-refractivity contribution in [3.05, 3.63) is 52.7 Å². The highest BCUT2D eigenvalue weighted by Crippen LogP contribution is 2.13. The number of nitrogens with one attached hydrogen (secondary N) is 1. The Morgan fingerprint density at radius 3 is 2.85 bits per heavy atom. The number of hydrogen-bond donors (Lipinski definition) is 1. The Labute approximate surface area is 113 Å². The minimum atomic E-state index is -0.484. The van der Waals surface area contributed by atoms with E-state index in [-0.39, 0.29) is 5.69 Å². The summed E-state index contributed by atoms with van der Waals surface area (Å²) in [5, 5.41) is 21.6. The van der Waals surface area contributed by atoms with Crippen LogP contribution >= 0.6 is 0 Å². The van der Waals surface area contributed by atoms with E-state index in [9.17, 15) is 10.1 Å². The van der Waals surface area contributed by atoms with Gasteiger partial charge in [0.1, 0.15) is 24.2 Å². The lowest BCUT2D eigenvalue weighted by atomic mass is 10.3. The van der Waals surface area contributed by atoms with Crippen molar-refractivity contribution in [3.8, 4) is 0 Å². The number of anilines is 1. The van der Waals surface area contributed by atoms with Gasteiger partial charge >= 0.3 is 0 Å². The molecule has 1 N–H and O–H groups in total. The lowest BCUT2D eigenvalue weighted by Gasteiger charge is -2.05. The topological polar surface area (TPSA) is 98.8 Å². The van der Waals surface area contributed by atoms with E-state index in [1.807, 2.05) is 24.3 Å². The van der Waals surface area contributed by atoms with Crippen molar-refractivity contribution in [1.82, 2.24) is 20.0 Å². The summed E-state index contributed by atoms with van der Waals surface area (Å²) in [6.45, 7) is 0.380. The molecule has 8 nitrogen and oxygen atoms in total. The van der Waals surface area contributed by atoms with Crippen LogP contribution in [-0.2, 0) is 6.67 Å². The third-order valence-electron chi connectivity index (χ3n) is 2.79. The summed E-state index contributed by atoms with van der Waals surface area (Å²) in [5.74, 6) is 0.537. The first-order valence-corrected chi connectivity index (χ1v) is 5.86. The maximum atomic E-state index is 10.5. The van der Waals surface area contributed by atoms with Crippen LogP contribution in [0, 0.1) is 10.1 Å². The largest absolute Gasteiger partial charge is 0.351 e. The van der Waals surface area contributed by atoms with Crippen LogP contribution in [0.1, 0.15) is 0 Å². The van der Waals surface area contributed by atoms with E-state index in [0.717, 1.165) is 11.0 Å². The molecule has 2 heterocycles. The van der Waals surface area contributed by atoms with Crippen molar-refractivity contribution in [2.75, 3.05) is 5.32 Å². The van der Waals surface area contributed by atoms with Crippen molar-refractivity contribution in [2.45, 2.75) is 6.67 Å². The molecule has 0 aliphatic heterocycles. The van der Waals surface area contributed by atoms with Crippen LogP contribution in [-0.4, -0.2) is 24.9 Å². The van der Waals surface area contributed by atoms with Gasteiger partial charge in [0.25, 0.3) is 5.69 Å². The van der Waals surface area contributed by atoms with Crippen LogP contribution in [0.5, 0.6) is 0 Å². The number of benzene rings is 1. The molecule has 0 atom stereocenters. The number of hydrogen-bond acceptors (Lipinski definition) is 6. The fourth-order valence-electron chi connectivity index (χ4n) is 1.79. The van der Waals surface area contributed by atoms with Gasteiger partial charge in [-0.1, -0.05) is 17.3 Å². The molecule has 3 rings (SSSR count). The Kier molecular flexibility index (Phi) is 2.96. The van der Waals surface area contributed by atoms with Gasteiger partial charge in [0.05, 0.1) is 10.4 Å². The summed E-state index contributed by atoms with van der Waals surface area (Å²) in [5.41, 5.74) is 1.68. The molecule has 2 aromatic heterocycles. The highest BCUT2D eigenvalue weighted by molar-refractivity contribution is 5.73. The number of para-hydroxylation sites is 1. The summed E-state index contributed by atoms with van der Waals surface area (Å²) < 4.78 is 1.69. The van der Waals surface area contributed by atoms with Crippen LogP contribution < -0.4 is 5.32 Å². The van der Waals surface area contributed by atoms with Crippen LogP contribution in [0.2, 0.25) is 0 Å². The molecule has 0 unspecified atom stereocenters. The third-order valence-corrected chi connectivity index (χ3v) is 2.79. The Bertz CT molecular complexity index is 752. The van der Waals surface area contributed by atoms with Gasteiger partial charge in [0.2, 0.25) is 0 Å². The quantitative estimate of drug-likeness (QED) is 0.573. The summed E-state index contributed by atoms with van der Waals surface area (Å²) in [6, 6.07) is 10.5. The second-order valence-electron chi connectivity index (χ2n) is 4.07. The first kappa shape index (κ1) is 12.0. The fourth-order valence-corrected chi connectivity index (χ4v) is 1.79.